The van der Waals surface area contributed by atoms with Crippen LogP contribution in [0.5, 0.6) is 11.5 Å². The SMILES string of the molecule is COc1ccc(CCN(C)S(=O)(=O)c2ccc(Cl)cc2F)cc1OC. The van der Waals surface area contributed by atoms with Crippen LogP contribution in [0.2, 0.25) is 5.02 Å². The van der Waals surface area contributed by atoms with Gasteiger partial charge in [0.25, 0.3) is 0 Å². The summed E-state index contributed by atoms with van der Waals surface area (Å²) in [7, 11) is 0.535. The Kier molecular flexibility index (Phi) is 6.26. The number of hydrogen-bond donors (Lipinski definition) is 0. The van der Waals surface area contributed by atoms with Gasteiger partial charge in [-0.2, -0.15) is 0 Å². The number of hydrogen-bond acceptors (Lipinski definition) is 4. The van der Waals surface area contributed by atoms with E-state index in [1.54, 1.807) is 19.2 Å². The highest BCUT2D eigenvalue weighted by molar-refractivity contribution is 7.89. The lowest BCUT2D eigenvalue weighted by Crippen LogP contribution is -2.29. The van der Waals surface area contributed by atoms with Crippen LogP contribution in [0.1, 0.15) is 5.56 Å². The highest BCUT2D eigenvalue weighted by Crippen LogP contribution is 2.28. The quantitative estimate of drug-likeness (QED) is 0.731. The van der Waals surface area contributed by atoms with Crippen molar-refractivity contribution in [2.24, 2.45) is 0 Å². The van der Waals surface area contributed by atoms with Gasteiger partial charge in [-0.3, -0.25) is 0 Å². The van der Waals surface area contributed by atoms with Gasteiger partial charge in [0.2, 0.25) is 10.0 Å². The van der Waals surface area contributed by atoms with Crippen LogP contribution in [0.25, 0.3) is 0 Å². The number of benzene rings is 2. The number of methoxy groups -OCH3 is 2. The fourth-order valence-corrected chi connectivity index (χ4v) is 3.67. The van der Waals surface area contributed by atoms with Crippen molar-refractivity contribution in [3.8, 4) is 11.5 Å². The molecule has 0 aliphatic rings. The summed E-state index contributed by atoms with van der Waals surface area (Å²) in [4.78, 5) is -0.397. The topological polar surface area (TPSA) is 55.8 Å². The maximum Gasteiger partial charge on any atom is 0.245 e. The molecule has 0 aromatic heterocycles. The average molecular weight is 388 g/mol. The van der Waals surface area contributed by atoms with E-state index in [0.29, 0.717) is 17.9 Å². The van der Waals surface area contributed by atoms with Crippen molar-refractivity contribution in [3.05, 3.63) is 52.8 Å². The molecular formula is C17H19ClFNO4S. The summed E-state index contributed by atoms with van der Waals surface area (Å²) >= 11 is 5.67. The number of ether oxygens (including phenoxy) is 2. The average Bonchev–Trinajstić information content (AvgIpc) is 2.58. The number of halogens is 2. The summed E-state index contributed by atoms with van der Waals surface area (Å²) < 4.78 is 50.4. The summed E-state index contributed by atoms with van der Waals surface area (Å²) in [5, 5.41) is 0.143. The summed E-state index contributed by atoms with van der Waals surface area (Å²) in [6.45, 7) is 0.180. The van der Waals surface area contributed by atoms with Crippen LogP contribution < -0.4 is 9.47 Å². The zero-order valence-corrected chi connectivity index (χ0v) is 15.7. The maximum atomic E-state index is 13.9. The summed E-state index contributed by atoms with van der Waals surface area (Å²) in [5.74, 6) is 0.287. The first-order valence-corrected chi connectivity index (χ1v) is 9.23. The monoisotopic (exact) mass is 387 g/mol. The van der Waals surface area contributed by atoms with Gasteiger partial charge >= 0.3 is 0 Å². The molecule has 0 heterocycles. The molecular weight excluding hydrogens is 369 g/mol. The lowest BCUT2D eigenvalue weighted by atomic mass is 10.1. The molecule has 0 atom stereocenters. The Balaban J connectivity index is 2.15. The fraction of sp³-hybridized carbons (Fsp3) is 0.294. The van der Waals surface area contributed by atoms with Gasteiger partial charge in [-0.25, -0.2) is 17.1 Å². The van der Waals surface area contributed by atoms with E-state index in [9.17, 15) is 12.8 Å². The second-order valence-electron chi connectivity index (χ2n) is 5.34. The predicted molar refractivity (Wildman–Crippen MR) is 94.5 cm³/mol. The van der Waals surface area contributed by atoms with Crippen LogP contribution in [0, 0.1) is 5.82 Å². The van der Waals surface area contributed by atoms with Crippen LogP contribution >= 0.6 is 11.6 Å². The second-order valence-corrected chi connectivity index (χ2v) is 7.79. The minimum atomic E-state index is -3.94. The summed E-state index contributed by atoms with van der Waals surface area (Å²) in [5.41, 5.74) is 0.872. The van der Waals surface area contributed by atoms with E-state index < -0.39 is 20.7 Å². The van der Waals surface area contributed by atoms with E-state index in [4.69, 9.17) is 21.1 Å². The number of rotatable bonds is 7. The van der Waals surface area contributed by atoms with E-state index in [1.165, 1.54) is 26.3 Å². The van der Waals surface area contributed by atoms with Crippen LogP contribution in [0.15, 0.2) is 41.3 Å². The minimum Gasteiger partial charge on any atom is -0.493 e. The molecule has 0 saturated carbocycles. The summed E-state index contributed by atoms with van der Waals surface area (Å²) in [6, 6.07) is 8.85. The lowest BCUT2D eigenvalue weighted by molar-refractivity contribution is 0.354. The second kappa shape index (κ2) is 8.03. The molecule has 2 aromatic rings. The molecule has 0 saturated heterocycles. The molecule has 25 heavy (non-hydrogen) atoms. The van der Waals surface area contributed by atoms with E-state index in [0.717, 1.165) is 15.9 Å². The highest BCUT2D eigenvalue weighted by Gasteiger charge is 2.24. The first-order valence-electron chi connectivity index (χ1n) is 7.42. The molecule has 0 N–H and O–H groups in total. The zero-order chi connectivity index (χ0) is 18.6. The van der Waals surface area contributed by atoms with Crippen LogP contribution in [-0.4, -0.2) is 40.5 Å². The Morgan fingerprint density at radius 2 is 1.76 bits per heavy atom. The Morgan fingerprint density at radius 1 is 1.08 bits per heavy atom. The maximum absolute atomic E-state index is 13.9. The Labute approximate surface area is 152 Å². The fourth-order valence-electron chi connectivity index (χ4n) is 2.30. The van der Waals surface area contributed by atoms with Gasteiger partial charge in [0.05, 0.1) is 14.2 Å². The van der Waals surface area contributed by atoms with Crippen molar-refractivity contribution in [1.82, 2.24) is 4.31 Å². The molecule has 0 bridgehead atoms. The van der Waals surface area contributed by atoms with Crippen LogP contribution in [-0.2, 0) is 16.4 Å². The molecule has 8 heteroatoms. The molecule has 0 radical (unpaired) electrons. The van der Waals surface area contributed by atoms with Crippen molar-refractivity contribution in [1.29, 1.82) is 0 Å². The third-order valence-electron chi connectivity index (χ3n) is 3.75. The highest BCUT2D eigenvalue weighted by atomic mass is 35.5. The van der Waals surface area contributed by atoms with E-state index in [1.807, 2.05) is 6.07 Å². The van der Waals surface area contributed by atoms with Gasteiger partial charge in [0, 0.05) is 18.6 Å². The first-order chi connectivity index (χ1) is 11.8. The predicted octanol–water partition coefficient (Wildman–Crippen LogP) is 3.36. The Morgan fingerprint density at radius 3 is 2.36 bits per heavy atom. The van der Waals surface area contributed by atoms with E-state index in [2.05, 4.69) is 0 Å². The van der Waals surface area contributed by atoms with E-state index >= 15 is 0 Å². The Bertz CT molecular complexity index is 858. The van der Waals surface area contributed by atoms with Crippen molar-refractivity contribution < 1.29 is 22.3 Å². The Hall–Kier alpha value is -1.83. The molecule has 0 aliphatic heterocycles. The summed E-state index contributed by atoms with van der Waals surface area (Å²) in [6.07, 6.45) is 0.436. The third kappa shape index (κ3) is 4.42. The molecule has 0 amide bonds. The molecule has 0 unspecified atom stereocenters. The van der Waals surface area contributed by atoms with Gasteiger partial charge in [-0.05, 0) is 42.3 Å². The van der Waals surface area contributed by atoms with Crippen molar-refractivity contribution in [2.75, 3.05) is 27.8 Å². The molecule has 5 nitrogen and oxygen atoms in total. The third-order valence-corrected chi connectivity index (χ3v) is 5.87. The van der Waals surface area contributed by atoms with Crippen LogP contribution in [0.4, 0.5) is 4.39 Å². The van der Waals surface area contributed by atoms with Crippen molar-refractivity contribution in [3.63, 3.8) is 0 Å². The minimum absolute atomic E-state index is 0.143. The van der Waals surface area contributed by atoms with Gasteiger partial charge < -0.3 is 9.47 Å². The number of nitrogens with zero attached hydrogens (tertiary/aromatic N) is 1. The molecule has 2 aromatic carbocycles. The zero-order valence-electron chi connectivity index (χ0n) is 14.1. The van der Waals surface area contributed by atoms with Gasteiger partial charge in [0.1, 0.15) is 10.7 Å². The molecule has 136 valence electrons. The first kappa shape index (κ1) is 19.5. The molecule has 2 rings (SSSR count). The normalized spacial score (nSPS) is 11.6. The standard InChI is InChI=1S/C17H19ClFNO4S/c1-20(25(21,22)17-7-5-13(18)11-14(17)19)9-8-12-4-6-15(23-2)16(10-12)24-3/h4-7,10-11H,8-9H2,1-3H3. The lowest BCUT2D eigenvalue weighted by Gasteiger charge is -2.18. The van der Waals surface area contributed by atoms with Crippen molar-refractivity contribution >= 4 is 21.6 Å². The van der Waals surface area contributed by atoms with Crippen LogP contribution in [0.3, 0.4) is 0 Å². The van der Waals surface area contributed by atoms with Gasteiger partial charge in [0.15, 0.2) is 11.5 Å². The van der Waals surface area contributed by atoms with Gasteiger partial charge in [-0.15, -0.1) is 0 Å². The molecule has 0 aliphatic carbocycles. The smallest absolute Gasteiger partial charge is 0.245 e. The van der Waals surface area contributed by atoms with Crippen molar-refractivity contribution in [2.45, 2.75) is 11.3 Å². The number of sulfonamides is 1. The number of likely N-dealkylation sites (N-methyl/N-ethyl adjacent to an activating group) is 1. The molecule has 0 spiro atoms. The van der Waals surface area contributed by atoms with Gasteiger partial charge in [-0.1, -0.05) is 17.7 Å². The largest absolute Gasteiger partial charge is 0.493 e. The molecule has 0 fully saturated rings. The van der Waals surface area contributed by atoms with E-state index in [-0.39, 0.29) is 11.6 Å².